The van der Waals surface area contributed by atoms with Crippen molar-refractivity contribution in [3.05, 3.63) is 154 Å². The lowest BCUT2D eigenvalue weighted by atomic mass is 9.69. The maximum absolute atomic E-state index is 6.98. The summed E-state index contributed by atoms with van der Waals surface area (Å²) in [4.78, 5) is 0. The van der Waals surface area contributed by atoms with Crippen molar-refractivity contribution >= 4 is 68.4 Å². The normalized spacial score (nSPS) is 19.5. The highest BCUT2D eigenvalue weighted by Gasteiger charge is 2.55. The minimum Gasteiger partial charge on any atom is -0.399 e. The minimum absolute atomic E-state index is 0.444. The molecule has 1 unspecified atom stereocenters. The first-order valence-electron chi connectivity index (χ1n) is 19.5. The molecule has 2 heterocycles. The van der Waals surface area contributed by atoms with Gasteiger partial charge < -0.3 is 23.9 Å². The third-order valence-corrected chi connectivity index (χ3v) is 13.5. The van der Waals surface area contributed by atoms with Crippen LogP contribution in [0.25, 0.3) is 33.4 Å². The predicted octanol–water partition coefficient (Wildman–Crippen LogP) is 11.8. The summed E-state index contributed by atoms with van der Waals surface area (Å²) >= 11 is 7.60. The van der Waals surface area contributed by atoms with E-state index in [0.717, 1.165) is 59.1 Å². The Morgan fingerprint density at radius 2 is 0.877 bits per heavy atom. The Balaban J connectivity index is 0.978. The van der Waals surface area contributed by atoms with E-state index in [2.05, 4.69) is 207 Å². The third kappa shape index (κ3) is 7.83. The highest BCUT2D eigenvalue weighted by atomic mass is 79.9. The van der Waals surface area contributed by atoms with Crippen LogP contribution in [0.2, 0.25) is 0 Å². The van der Waals surface area contributed by atoms with Crippen LogP contribution in [0.15, 0.2) is 148 Å². The van der Waals surface area contributed by atoms with Crippen LogP contribution in [0.1, 0.15) is 54.0 Å². The van der Waals surface area contributed by atoms with Crippen molar-refractivity contribution < 1.29 is 18.6 Å². The zero-order chi connectivity index (χ0) is 40.2. The fourth-order valence-electron chi connectivity index (χ4n) is 7.61. The molecular formula is C48H47B2Br2NO4. The number of nitrogens with one attached hydrogen (secondary N) is 1. The van der Waals surface area contributed by atoms with Crippen molar-refractivity contribution in [2.45, 2.75) is 77.3 Å². The molecule has 5 nitrogen and oxygen atoms in total. The van der Waals surface area contributed by atoms with E-state index in [-0.39, 0.29) is 0 Å². The van der Waals surface area contributed by atoms with Crippen LogP contribution >= 0.6 is 31.9 Å². The second kappa shape index (κ2) is 15.3. The maximum Gasteiger partial charge on any atom is 0.495 e. The first kappa shape index (κ1) is 39.9. The Morgan fingerprint density at radius 1 is 0.456 bits per heavy atom. The molecule has 2 saturated heterocycles. The molecule has 6 aromatic rings. The van der Waals surface area contributed by atoms with Gasteiger partial charge in [0.1, 0.15) is 0 Å². The van der Waals surface area contributed by atoms with Crippen LogP contribution < -0.4 is 16.2 Å². The van der Waals surface area contributed by atoms with Crippen LogP contribution in [-0.4, -0.2) is 36.6 Å². The van der Waals surface area contributed by atoms with E-state index in [9.17, 15) is 0 Å². The number of hydrogen-bond acceptors (Lipinski definition) is 5. The highest BCUT2D eigenvalue weighted by Crippen LogP contribution is 2.42. The van der Waals surface area contributed by atoms with Gasteiger partial charge in [-0.15, -0.1) is 0 Å². The Hall–Kier alpha value is -3.95. The first-order valence-corrected chi connectivity index (χ1v) is 21.1. The predicted molar refractivity (Wildman–Crippen MR) is 244 cm³/mol. The topological polar surface area (TPSA) is 49.0 Å². The standard InChI is InChI=1S/C48H47B2Br2NO4/c1-45(2)46(3,4)55-49(54-45)39-19-13-11-17-37(39)38-18-12-14-20-40(38)50-56-47(5,6)48(7,57-50)31-32-21-23-34(24-22-32)36-26-28-44(42(52)30-36)53-43-27-25-35(29-41(43)51)33-15-9-8-10-16-33/h8-30,53H,31H2,1-7H3. The average Bonchev–Trinajstić information content (AvgIpc) is 3.57. The summed E-state index contributed by atoms with van der Waals surface area (Å²) in [7, 11) is -1.05. The zero-order valence-corrected chi connectivity index (χ0v) is 36.7. The van der Waals surface area contributed by atoms with Crippen LogP contribution in [-0.2, 0) is 25.0 Å². The summed E-state index contributed by atoms with van der Waals surface area (Å²) in [6.07, 6.45) is 0.688. The van der Waals surface area contributed by atoms with Gasteiger partial charge in [-0.25, -0.2) is 0 Å². The molecule has 288 valence electrons. The molecule has 9 heteroatoms. The fourth-order valence-corrected chi connectivity index (χ4v) is 8.57. The lowest BCUT2D eigenvalue weighted by Crippen LogP contribution is -2.46. The maximum atomic E-state index is 6.98. The Morgan fingerprint density at radius 3 is 1.39 bits per heavy atom. The minimum atomic E-state index is -0.596. The van der Waals surface area contributed by atoms with Gasteiger partial charge in [0.15, 0.2) is 0 Å². The van der Waals surface area contributed by atoms with Gasteiger partial charge >= 0.3 is 14.2 Å². The molecule has 2 aliphatic heterocycles. The van der Waals surface area contributed by atoms with Crippen molar-refractivity contribution in [1.29, 1.82) is 0 Å². The van der Waals surface area contributed by atoms with E-state index in [0.29, 0.717) is 6.42 Å². The van der Waals surface area contributed by atoms with Crippen molar-refractivity contribution in [3.63, 3.8) is 0 Å². The van der Waals surface area contributed by atoms with Gasteiger partial charge in [-0.3, -0.25) is 0 Å². The van der Waals surface area contributed by atoms with Crippen LogP contribution in [0.4, 0.5) is 11.4 Å². The molecule has 0 bridgehead atoms. The number of anilines is 2. The van der Waals surface area contributed by atoms with Crippen LogP contribution in [0.5, 0.6) is 0 Å². The van der Waals surface area contributed by atoms with Gasteiger partial charge in [-0.05, 0) is 154 Å². The quantitative estimate of drug-likeness (QED) is 0.147. The van der Waals surface area contributed by atoms with E-state index in [4.69, 9.17) is 18.6 Å². The van der Waals surface area contributed by atoms with E-state index < -0.39 is 36.6 Å². The molecule has 0 aliphatic carbocycles. The van der Waals surface area contributed by atoms with Gasteiger partial charge in [0.2, 0.25) is 0 Å². The van der Waals surface area contributed by atoms with E-state index >= 15 is 0 Å². The lowest BCUT2D eigenvalue weighted by molar-refractivity contribution is -0.00876. The Bertz CT molecular complexity index is 2400. The third-order valence-electron chi connectivity index (χ3n) is 12.2. The van der Waals surface area contributed by atoms with E-state index in [1.807, 2.05) is 18.2 Å². The zero-order valence-electron chi connectivity index (χ0n) is 33.5. The summed E-state index contributed by atoms with van der Waals surface area (Å²) in [5.41, 5.74) is 9.78. The molecule has 0 spiro atoms. The van der Waals surface area contributed by atoms with Gasteiger partial charge in [0.25, 0.3) is 0 Å². The lowest BCUT2D eigenvalue weighted by Gasteiger charge is -2.36. The molecule has 1 N–H and O–H groups in total. The highest BCUT2D eigenvalue weighted by molar-refractivity contribution is 9.11. The number of halogens is 2. The van der Waals surface area contributed by atoms with Gasteiger partial charge in [-0.2, -0.15) is 0 Å². The average molecular weight is 883 g/mol. The Labute approximate surface area is 355 Å². The van der Waals surface area contributed by atoms with Crippen molar-refractivity contribution in [2.75, 3.05) is 5.32 Å². The summed E-state index contributed by atoms with van der Waals surface area (Å²) in [6, 6.07) is 48.7. The molecule has 6 aromatic carbocycles. The summed E-state index contributed by atoms with van der Waals surface area (Å²) in [5, 5.41) is 3.58. The smallest absolute Gasteiger partial charge is 0.399 e. The molecule has 8 rings (SSSR count). The molecule has 0 aromatic heterocycles. The fraction of sp³-hybridized carbons (Fsp3) is 0.250. The molecule has 57 heavy (non-hydrogen) atoms. The molecular weight excluding hydrogens is 836 g/mol. The molecule has 2 fully saturated rings. The summed E-state index contributed by atoms with van der Waals surface area (Å²) in [6.45, 7) is 14.8. The summed E-state index contributed by atoms with van der Waals surface area (Å²) in [5.74, 6) is 0. The second-order valence-corrected chi connectivity index (χ2v) is 18.5. The van der Waals surface area contributed by atoms with Crippen LogP contribution in [0.3, 0.4) is 0 Å². The first-order chi connectivity index (χ1) is 27.1. The number of hydrogen-bond donors (Lipinski definition) is 1. The molecule has 0 amide bonds. The number of rotatable bonds is 9. The number of benzene rings is 6. The molecule has 0 radical (unpaired) electrons. The Kier molecular flexibility index (Phi) is 10.7. The van der Waals surface area contributed by atoms with Crippen molar-refractivity contribution in [3.8, 4) is 33.4 Å². The van der Waals surface area contributed by atoms with Gasteiger partial charge in [0, 0.05) is 15.4 Å². The molecule has 1 atom stereocenters. The SMILES string of the molecule is CC1(C)OB(c2ccccc2-c2ccccc2B2OC(C)(C)C(C)(Cc3ccc(-c4ccc(Nc5ccc(-c6ccccc6)cc5Br)c(Br)c4)cc3)O2)OC1(C)C. The molecule has 2 aliphatic rings. The van der Waals surface area contributed by atoms with E-state index in [1.165, 1.54) is 11.1 Å². The largest absolute Gasteiger partial charge is 0.495 e. The van der Waals surface area contributed by atoms with Gasteiger partial charge in [0.05, 0.1) is 33.8 Å². The van der Waals surface area contributed by atoms with Crippen LogP contribution in [0, 0.1) is 0 Å². The second-order valence-electron chi connectivity index (χ2n) is 16.8. The van der Waals surface area contributed by atoms with Crippen molar-refractivity contribution in [2.24, 2.45) is 0 Å². The molecule has 0 saturated carbocycles. The monoisotopic (exact) mass is 881 g/mol. The van der Waals surface area contributed by atoms with Gasteiger partial charge in [-0.1, -0.05) is 115 Å². The summed E-state index contributed by atoms with van der Waals surface area (Å²) < 4.78 is 28.8. The van der Waals surface area contributed by atoms with Crippen molar-refractivity contribution in [1.82, 2.24) is 0 Å². The van der Waals surface area contributed by atoms with E-state index in [1.54, 1.807) is 0 Å².